The van der Waals surface area contributed by atoms with Crippen LogP contribution in [0.4, 0.5) is 4.39 Å². The van der Waals surface area contributed by atoms with Gasteiger partial charge in [0, 0.05) is 6.54 Å². The smallest absolute Gasteiger partial charge is 0.238 e. The molecule has 1 aliphatic carbocycles. The average molecular weight is 330 g/mol. The van der Waals surface area contributed by atoms with Gasteiger partial charge in [-0.2, -0.15) is 0 Å². The Balaban J connectivity index is 1.68. The van der Waals surface area contributed by atoms with Crippen molar-refractivity contribution in [2.75, 3.05) is 6.54 Å². The van der Waals surface area contributed by atoms with Crippen molar-refractivity contribution in [2.45, 2.75) is 38.1 Å². The maximum atomic E-state index is 13.4. The Labute approximate surface area is 138 Å². The van der Waals surface area contributed by atoms with Crippen LogP contribution in [0.2, 0.25) is 0 Å². The third kappa shape index (κ3) is 2.26. The van der Waals surface area contributed by atoms with Crippen molar-refractivity contribution in [1.82, 2.24) is 14.9 Å². The van der Waals surface area contributed by atoms with Gasteiger partial charge in [0.25, 0.3) is 0 Å². The average Bonchev–Trinajstić information content (AvgIpc) is 3.29. The lowest BCUT2D eigenvalue weighted by Crippen LogP contribution is -2.47. The van der Waals surface area contributed by atoms with E-state index in [1.807, 2.05) is 0 Å². The van der Waals surface area contributed by atoms with Crippen LogP contribution in [-0.4, -0.2) is 33.2 Å². The number of piperidine rings is 1. The van der Waals surface area contributed by atoms with Gasteiger partial charge < -0.3 is 15.6 Å². The molecule has 24 heavy (non-hydrogen) atoms. The minimum atomic E-state index is -1.02. The van der Waals surface area contributed by atoms with E-state index in [4.69, 9.17) is 5.73 Å². The van der Waals surface area contributed by atoms with Crippen LogP contribution in [0.1, 0.15) is 44.0 Å². The summed E-state index contributed by atoms with van der Waals surface area (Å²) < 4.78 is 13.4. The summed E-state index contributed by atoms with van der Waals surface area (Å²) in [5, 5.41) is 0. The monoisotopic (exact) mass is 330 g/mol. The number of rotatable bonds is 3. The molecular weight excluding hydrogens is 311 g/mol. The lowest BCUT2D eigenvalue weighted by molar-refractivity contribution is -0.146. The maximum absolute atomic E-state index is 13.4. The van der Waals surface area contributed by atoms with Gasteiger partial charge in [-0.15, -0.1) is 0 Å². The van der Waals surface area contributed by atoms with Gasteiger partial charge in [0.2, 0.25) is 11.8 Å². The quantitative estimate of drug-likeness (QED) is 0.843. The number of likely N-dealkylation sites (tertiary alicyclic amines) is 1. The van der Waals surface area contributed by atoms with Crippen LogP contribution in [0.15, 0.2) is 18.2 Å². The molecule has 1 atom stereocenters. The highest BCUT2D eigenvalue weighted by molar-refractivity contribution is 6.07. The fourth-order valence-electron chi connectivity index (χ4n) is 3.58. The second-order valence-electron chi connectivity index (χ2n) is 6.74. The molecule has 1 aromatic carbocycles. The number of nitrogens with one attached hydrogen (secondary N) is 1. The van der Waals surface area contributed by atoms with Crippen molar-refractivity contribution >= 4 is 22.8 Å². The molecule has 0 radical (unpaired) electrons. The molecule has 2 fully saturated rings. The second kappa shape index (κ2) is 5.29. The lowest BCUT2D eigenvalue weighted by Gasteiger charge is -2.36. The molecule has 0 spiro atoms. The van der Waals surface area contributed by atoms with Crippen LogP contribution in [0.5, 0.6) is 0 Å². The fourth-order valence-corrected chi connectivity index (χ4v) is 3.58. The molecule has 2 aromatic rings. The first-order chi connectivity index (χ1) is 11.5. The third-order valence-electron chi connectivity index (χ3n) is 5.17. The summed E-state index contributed by atoms with van der Waals surface area (Å²) in [5.74, 6) is -0.418. The molecule has 2 amide bonds. The van der Waals surface area contributed by atoms with Crippen molar-refractivity contribution in [2.24, 2.45) is 11.1 Å². The zero-order chi connectivity index (χ0) is 16.9. The minimum absolute atomic E-state index is 0.189. The SMILES string of the molecule is NC(=O)C1(C(=O)N2CCCC[C@H]2c2nc3ccc(F)cc3[nH]2)CC1. The van der Waals surface area contributed by atoms with Crippen LogP contribution in [0.3, 0.4) is 0 Å². The fraction of sp³-hybridized carbons (Fsp3) is 0.471. The molecular formula is C17H19FN4O2. The molecule has 0 bridgehead atoms. The van der Waals surface area contributed by atoms with Crippen LogP contribution in [0.25, 0.3) is 11.0 Å². The molecule has 1 aliphatic heterocycles. The summed E-state index contributed by atoms with van der Waals surface area (Å²) in [7, 11) is 0. The number of nitrogens with two attached hydrogens (primary N) is 1. The molecule has 7 heteroatoms. The van der Waals surface area contributed by atoms with E-state index in [1.165, 1.54) is 12.1 Å². The van der Waals surface area contributed by atoms with Gasteiger partial charge in [-0.25, -0.2) is 9.37 Å². The Morgan fingerprint density at radius 1 is 1.33 bits per heavy atom. The third-order valence-corrected chi connectivity index (χ3v) is 5.17. The Bertz CT molecular complexity index is 827. The minimum Gasteiger partial charge on any atom is -0.369 e. The van der Waals surface area contributed by atoms with Gasteiger partial charge >= 0.3 is 0 Å². The number of hydrogen-bond donors (Lipinski definition) is 2. The van der Waals surface area contributed by atoms with Gasteiger partial charge in [-0.1, -0.05) is 0 Å². The number of primary amides is 1. The summed E-state index contributed by atoms with van der Waals surface area (Å²) in [5.41, 5.74) is 5.71. The molecule has 3 N–H and O–H groups in total. The van der Waals surface area contributed by atoms with Crippen molar-refractivity contribution in [3.05, 3.63) is 29.8 Å². The number of H-pyrrole nitrogens is 1. The molecule has 1 saturated carbocycles. The van der Waals surface area contributed by atoms with Crippen LogP contribution < -0.4 is 5.73 Å². The number of amides is 2. The summed E-state index contributed by atoms with van der Waals surface area (Å²) in [6.45, 7) is 0.587. The van der Waals surface area contributed by atoms with Crippen molar-refractivity contribution in [1.29, 1.82) is 0 Å². The molecule has 2 heterocycles. The Hall–Kier alpha value is -2.44. The number of carbonyl (C=O) groups is 2. The van der Waals surface area contributed by atoms with Gasteiger partial charge in [-0.05, 0) is 50.3 Å². The van der Waals surface area contributed by atoms with E-state index in [2.05, 4.69) is 9.97 Å². The zero-order valence-corrected chi connectivity index (χ0v) is 13.2. The van der Waals surface area contributed by atoms with E-state index in [0.717, 1.165) is 19.3 Å². The Kier molecular flexibility index (Phi) is 3.33. The highest BCUT2D eigenvalue weighted by Gasteiger charge is 2.58. The predicted molar refractivity (Wildman–Crippen MR) is 85.2 cm³/mol. The molecule has 6 nitrogen and oxygen atoms in total. The number of aromatic amines is 1. The highest BCUT2D eigenvalue weighted by atomic mass is 19.1. The highest BCUT2D eigenvalue weighted by Crippen LogP contribution is 2.49. The standard InChI is InChI=1S/C17H19FN4O2/c18-10-4-5-11-12(9-10)21-14(20-11)13-3-1-2-8-22(13)16(24)17(6-7-17)15(19)23/h4-5,9,13H,1-3,6-8H2,(H2,19,23)(H,20,21)/t13-/m0/s1. The van der Waals surface area contributed by atoms with Crippen LogP contribution in [-0.2, 0) is 9.59 Å². The number of carbonyl (C=O) groups excluding carboxylic acids is 2. The Morgan fingerprint density at radius 2 is 2.12 bits per heavy atom. The largest absolute Gasteiger partial charge is 0.369 e. The second-order valence-corrected chi connectivity index (χ2v) is 6.74. The van der Waals surface area contributed by atoms with Crippen LogP contribution >= 0.6 is 0 Å². The molecule has 2 aliphatic rings. The van der Waals surface area contributed by atoms with E-state index < -0.39 is 11.3 Å². The van der Waals surface area contributed by atoms with Gasteiger partial charge in [0.15, 0.2) is 0 Å². The van der Waals surface area contributed by atoms with Crippen LogP contribution in [0, 0.1) is 11.2 Å². The van der Waals surface area contributed by atoms with E-state index in [-0.39, 0.29) is 17.8 Å². The van der Waals surface area contributed by atoms with E-state index in [1.54, 1.807) is 11.0 Å². The van der Waals surface area contributed by atoms with E-state index in [9.17, 15) is 14.0 Å². The first-order valence-corrected chi connectivity index (χ1v) is 8.27. The molecule has 1 saturated heterocycles. The van der Waals surface area contributed by atoms with Gasteiger partial charge in [0.05, 0.1) is 17.1 Å². The zero-order valence-electron chi connectivity index (χ0n) is 13.2. The number of benzene rings is 1. The van der Waals surface area contributed by atoms with Crippen molar-refractivity contribution < 1.29 is 14.0 Å². The summed E-state index contributed by atoms with van der Waals surface area (Å²) in [6, 6.07) is 4.15. The number of imidazole rings is 1. The number of fused-ring (bicyclic) bond motifs is 1. The first-order valence-electron chi connectivity index (χ1n) is 8.27. The number of nitrogens with zero attached hydrogens (tertiary/aromatic N) is 2. The lowest BCUT2D eigenvalue weighted by atomic mass is 9.96. The Morgan fingerprint density at radius 3 is 2.83 bits per heavy atom. The van der Waals surface area contributed by atoms with Gasteiger partial charge in [0.1, 0.15) is 17.1 Å². The molecule has 1 aromatic heterocycles. The number of halogens is 1. The number of hydrogen-bond acceptors (Lipinski definition) is 3. The topological polar surface area (TPSA) is 92.1 Å². The predicted octanol–water partition coefficient (Wildman–Crippen LogP) is 2.02. The number of aromatic nitrogens is 2. The van der Waals surface area contributed by atoms with Gasteiger partial charge in [-0.3, -0.25) is 9.59 Å². The summed E-state index contributed by atoms with van der Waals surface area (Å²) >= 11 is 0. The summed E-state index contributed by atoms with van der Waals surface area (Å²) in [6.07, 6.45) is 3.68. The molecule has 4 rings (SSSR count). The summed E-state index contributed by atoms with van der Waals surface area (Å²) in [4.78, 5) is 34.0. The van der Waals surface area contributed by atoms with E-state index >= 15 is 0 Å². The molecule has 126 valence electrons. The first kappa shape index (κ1) is 15.1. The van der Waals surface area contributed by atoms with E-state index in [0.29, 0.717) is 36.2 Å². The molecule has 0 unspecified atom stereocenters. The van der Waals surface area contributed by atoms with Crippen molar-refractivity contribution in [3.63, 3.8) is 0 Å². The maximum Gasteiger partial charge on any atom is 0.238 e. The van der Waals surface area contributed by atoms with Crippen molar-refractivity contribution in [3.8, 4) is 0 Å². The normalized spacial score (nSPS) is 22.5.